The van der Waals surface area contributed by atoms with Crippen molar-refractivity contribution < 1.29 is 19.3 Å². The van der Waals surface area contributed by atoms with Gasteiger partial charge < -0.3 is 4.90 Å². The third-order valence-corrected chi connectivity index (χ3v) is 2.90. The number of rotatable bonds is 1. The molecule has 17 heavy (non-hydrogen) atoms. The average molecular weight is 244 g/mol. The molecule has 0 bridgehead atoms. The zero-order valence-corrected chi connectivity index (χ0v) is 9.21. The van der Waals surface area contributed by atoms with Crippen LogP contribution in [0.1, 0.15) is 24.8 Å². The number of alkyl halides is 3. The first kappa shape index (κ1) is 10.6. The van der Waals surface area contributed by atoms with Gasteiger partial charge in [0.1, 0.15) is 0 Å². The Hall–Kier alpha value is -1.52. The molecular weight excluding hydrogens is 231 g/mol. The smallest absolute Gasteiger partial charge is 0.345 e. The van der Waals surface area contributed by atoms with Crippen molar-refractivity contribution in [1.82, 2.24) is 4.90 Å². The van der Waals surface area contributed by atoms with Gasteiger partial charge in [-0.2, -0.15) is 13.2 Å². The second-order valence-corrected chi connectivity index (χ2v) is 4.19. The van der Waals surface area contributed by atoms with E-state index >= 15 is 0 Å². The monoisotopic (exact) mass is 244 g/mol. The van der Waals surface area contributed by atoms with Gasteiger partial charge in [0.25, 0.3) is 0 Å². The van der Waals surface area contributed by atoms with Crippen molar-refractivity contribution in [1.29, 1.82) is 0 Å². The molecule has 1 aromatic carbocycles. The third kappa shape index (κ3) is 2.43. The summed E-state index contributed by atoms with van der Waals surface area (Å²) in [6.45, 7) is 0.367. The topological polar surface area (TPSA) is 20.3 Å². The molecule has 1 saturated heterocycles. The Labute approximate surface area is 98.4 Å². The van der Waals surface area contributed by atoms with Crippen LogP contribution in [0.3, 0.4) is 0 Å². The van der Waals surface area contributed by atoms with Gasteiger partial charge in [0, 0.05) is 25.9 Å². The van der Waals surface area contributed by atoms with E-state index in [1.54, 1.807) is 7.05 Å². The van der Waals surface area contributed by atoms with Gasteiger partial charge in [-0.05, 0) is 11.6 Å². The minimum absolute atomic E-state index is 0.100. The molecule has 1 aliphatic heterocycles. The van der Waals surface area contributed by atoms with E-state index in [0.717, 1.165) is 6.07 Å². The highest BCUT2D eigenvalue weighted by Crippen LogP contribution is 2.33. The fraction of sp³-hybridized carbons (Fsp3) is 0.417. The van der Waals surface area contributed by atoms with E-state index in [-0.39, 0.29) is 18.2 Å². The average Bonchev–Trinajstić information content (AvgIpc) is 2.57. The van der Waals surface area contributed by atoms with Crippen molar-refractivity contribution in [3.8, 4) is 0 Å². The van der Waals surface area contributed by atoms with Gasteiger partial charge in [-0.3, -0.25) is 4.79 Å². The number of benzene rings is 1. The molecule has 2 nitrogen and oxygen atoms in total. The minimum Gasteiger partial charge on any atom is -0.345 e. The summed E-state index contributed by atoms with van der Waals surface area (Å²) in [5.74, 6) is -0.422. The molecule has 1 amide bonds. The van der Waals surface area contributed by atoms with E-state index in [1.807, 2.05) is 0 Å². The third-order valence-electron chi connectivity index (χ3n) is 2.90. The van der Waals surface area contributed by atoms with Gasteiger partial charge in [0.15, 0.2) is 0 Å². The maximum atomic E-state index is 12.7. The zero-order valence-electron chi connectivity index (χ0n) is 10.2. The second kappa shape index (κ2) is 4.05. The van der Waals surface area contributed by atoms with Gasteiger partial charge in [-0.1, -0.05) is 18.2 Å². The molecular formula is C12H12F3NO. The molecule has 1 aromatic rings. The molecule has 0 N–H and O–H groups in total. The van der Waals surface area contributed by atoms with Gasteiger partial charge in [-0.25, -0.2) is 0 Å². The molecule has 1 fully saturated rings. The quantitative estimate of drug-likeness (QED) is 0.743. The molecule has 0 saturated carbocycles. The summed E-state index contributed by atoms with van der Waals surface area (Å²) in [6.07, 6.45) is -4.36. The first-order valence-electron chi connectivity index (χ1n) is 5.71. The number of hydrogen-bond donors (Lipinski definition) is 0. The molecule has 0 radical (unpaired) electrons. The van der Waals surface area contributed by atoms with Crippen molar-refractivity contribution in [3.63, 3.8) is 0 Å². The van der Waals surface area contributed by atoms with E-state index < -0.39 is 17.8 Å². The normalized spacial score (nSPS) is 21.9. The van der Waals surface area contributed by atoms with Crippen molar-refractivity contribution in [2.45, 2.75) is 18.5 Å². The Balaban J connectivity index is 2.39. The van der Waals surface area contributed by atoms with E-state index in [0.29, 0.717) is 12.1 Å². The van der Waals surface area contributed by atoms with Crippen molar-refractivity contribution in [2.24, 2.45) is 0 Å². The highest BCUT2D eigenvalue weighted by Gasteiger charge is 2.33. The molecule has 1 atom stereocenters. The standard InChI is InChI=1S/C12H12F3NO/c1-16-7-9(6-11(16)17)8-3-2-4-10(5-8)12(13,14)15/h2-5,9H,6-7H2,1H3/i5D. The maximum Gasteiger partial charge on any atom is 0.416 e. The molecule has 92 valence electrons. The Kier molecular flexibility index (Phi) is 2.53. The highest BCUT2D eigenvalue weighted by atomic mass is 19.4. The molecule has 1 aliphatic rings. The van der Waals surface area contributed by atoms with Crippen molar-refractivity contribution in [2.75, 3.05) is 13.6 Å². The molecule has 1 heterocycles. The summed E-state index contributed by atoms with van der Waals surface area (Å²) in [6, 6.07) is 3.16. The molecule has 5 heteroatoms. The van der Waals surface area contributed by atoms with Crippen LogP contribution in [0.15, 0.2) is 24.2 Å². The van der Waals surface area contributed by atoms with Crippen molar-refractivity contribution in [3.05, 3.63) is 35.4 Å². The van der Waals surface area contributed by atoms with Crippen molar-refractivity contribution >= 4 is 5.91 Å². The summed E-state index contributed by atoms with van der Waals surface area (Å²) in [5.41, 5.74) is -0.649. The van der Waals surface area contributed by atoms with Crippen LogP contribution in [0.25, 0.3) is 0 Å². The van der Waals surface area contributed by atoms with Crippen LogP contribution in [0.5, 0.6) is 0 Å². The van der Waals surface area contributed by atoms with Gasteiger partial charge >= 0.3 is 6.18 Å². The molecule has 1 unspecified atom stereocenters. The van der Waals surface area contributed by atoms with Crippen LogP contribution in [-0.4, -0.2) is 24.4 Å². The lowest BCUT2D eigenvalue weighted by molar-refractivity contribution is -0.137. The number of likely N-dealkylation sites (N-methyl/N-ethyl adjacent to an activating group) is 1. The predicted octanol–water partition coefficient (Wildman–Crippen LogP) is 2.65. The van der Waals surface area contributed by atoms with Gasteiger partial charge in [-0.15, -0.1) is 0 Å². The Morgan fingerprint density at radius 1 is 1.47 bits per heavy atom. The lowest BCUT2D eigenvalue weighted by Crippen LogP contribution is -2.18. The fourth-order valence-electron chi connectivity index (χ4n) is 1.96. The van der Waals surface area contributed by atoms with Crippen LogP contribution in [0, 0.1) is 0 Å². The molecule has 2 rings (SSSR count). The van der Waals surface area contributed by atoms with Gasteiger partial charge in [0.05, 0.1) is 6.93 Å². The number of likely N-dealkylation sites (tertiary alicyclic amines) is 1. The van der Waals surface area contributed by atoms with E-state index in [1.165, 1.54) is 17.0 Å². The van der Waals surface area contributed by atoms with E-state index in [9.17, 15) is 18.0 Å². The zero-order chi connectivity index (χ0) is 13.5. The fourth-order valence-corrected chi connectivity index (χ4v) is 1.96. The summed E-state index contributed by atoms with van der Waals surface area (Å²) in [4.78, 5) is 12.9. The lowest BCUT2D eigenvalue weighted by atomic mass is 9.96. The summed E-state index contributed by atoms with van der Waals surface area (Å²) < 4.78 is 45.7. The number of amides is 1. The number of halogens is 3. The predicted molar refractivity (Wildman–Crippen MR) is 56.4 cm³/mol. The number of hydrogen-bond acceptors (Lipinski definition) is 1. The van der Waals surface area contributed by atoms with Crippen LogP contribution in [0.2, 0.25) is 0 Å². The lowest BCUT2D eigenvalue weighted by Gasteiger charge is -2.13. The Bertz CT molecular complexity index is 487. The first-order chi connectivity index (χ1) is 8.30. The molecule has 0 aliphatic carbocycles. The maximum absolute atomic E-state index is 12.7. The first-order valence-corrected chi connectivity index (χ1v) is 5.21. The minimum atomic E-state index is -4.53. The molecule has 0 aromatic heterocycles. The Morgan fingerprint density at radius 2 is 2.18 bits per heavy atom. The summed E-state index contributed by atoms with van der Waals surface area (Å²) in [5, 5.41) is 0. The summed E-state index contributed by atoms with van der Waals surface area (Å²) >= 11 is 0. The largest absolute Gasteiger partial charge is 0.416 e. The van der Waals surface area contributed by atoms with Crippen LogP contribution in [0.4, 0.5) is 13.2 Å². The van der Waals surface area contributed by atoms with E-state index in [2.05, 4.69) is 0 Å². The SMILES string of the molecule is [2H]c1c(C2CC(=O)N(C)C2)cccc1C(F)(F)F. The van der Waals surface area contributed by atoms with Crippen LogP contribution >= 0.6 is 0 Å². The Morgan fingerprint density at radius 3 is 2.71 bits per heavy atom. The van der Waals surface area contributed by atoms with Crippen LogP contribution < -0.4 is 0 Å². The summed E-state index contributed by atoms with van der Waals surface area (Å²) in [7, 11) is 1.61. The number of carbonyl (C=O) groups excluding carboxylic acids is 1. The number of carbonyl (C=O) groups is 1. The molecule has 0 spiro atoms. The van der Waals surface area contributed by atoms with Gasteiger partial charge in [0.2, 0.25) is 5.91 Å². The highest BCUT2D eigenvalue weighted by molar-refractivity contribution is 5.79. The number of nitrogens with zero attached hydrogens (tertiary/aromatic N) is 1. The second-order valence-electron chi connectivity index (χ2n) is 4.19. The van der Waals surface area contributed by atoms with E-state index in [4.69, 9.17) is 1.37 Å². The van der Waals surface area contributed by atoms with Crippen LogP contribution in [-0.2, 0) is 11.0 Å².